The average molecular weight is 344 g/mol. The van der Waals surface area contributed by atoms with Crippen molar-refractivity contribution in [2.45, 2.75) is 83.2 Å². The zero-order valence-electron chi connectivity index (χ0n) is 15.8. The second-order valence-corrected chi connectivity index (χ2v) is 8.07. The topological polar surface area (TPSA) is 52.6 Å². The van der Waals surface area contributed by atoms with Gasteiger partial charge in [-0.05, 0) is 56.0 Å². The molecule has 1 aromatic carbocycles. The van der Waals surface area contributed by atoms with Crippen molar-refractivity contribution < 1.29 is 9.90 Å². The minimum absolute atomic E-state index is 0.0131. The number of fused-ring (bicyclic) bond motifs is 3. The molecule has 2 N–H and O–H groups in total. The molecule has 1 heterocycles. The van der Waals surface area contributed by atoms with E-state index in [1.807, 2.05) is 13.0 Å². The Bertz CT molecular complexity index is 630. The van der Waals surface area contributed by atoms with Gasteiger partial charge in [0.1, 0.15) is 0 Å². The van der Waals surface area contributed by atoms with Gasteiger partial charge in [0.15, 0.2) is 0 Å². The highest BCUT2D eigenvalue weighted by Crippen LogP contribution is 2.45. The van der Waals surface area contributed by atoms with Gasteiger partial charge < -0.3 is 10.4 Å². The lowest BCUT2D eigenvalue weighted by Gasteiger charge is -2.29. The molecule has 1 amide bonds. The minimum Gasteiger partial charge on any atom is -0.465 e. The van der Waals surface area contributed by atoms with Crippen LogP contribution in [0.5, 0.6) is 0 Å². The Labute approximate surface area is 151 Å². The van der Waals surface area contributed by atoms with E-state index in [1.165, 1.54) is 30.4 Å². The predicted molar refractivity (Wildman–Crippen MR) is 103 cm³/mol. The van der Waals surface area contributed by atoms with Crippen molar-refractivity contribution in [3.05, 3.63) is 29.3 Å². The normalized spacial score (nSPS) is 25.5. The Morgan fingerprint density at radius 1 is 1.40 bits per heavy atom. The van der Waals surface area contributed by atoms with Crippen LogP contribution in [-0.4, -0.2) is 29.8 Å². The number of hydrogen-bond acceptors (Lipinski definition) is 2. The summed E-state index contributed by atoms with van der Waals surface area (Å²) >= 11 is 0. The maximum Gasteiger partial charge on any atom is 0.412 e. The molecule has 0 spiro atoms. The molecule has 4 heteroatoms. The third-order valence-electron chi connectivity index (χ3n) is 6.34. The summed E-state index contributed by atoms with van der Waals surface area (Å²) in [5.41, 5.74) is 3.72. The summed E-state index contributed by atoms with van der Waals surface area (Å²) < 4.78 is 0. The van der Waals surface area contributed by atoms with Gasteiger partial charge in [0, 0.05) is 23.2 Å². The molecule has 0 radical (unpaired) electrons. The zero-order valence-corrected chi connectivity index (χ0v) is 15.8. The number of carboxylic acid groups (broad SMARTS) is 1. The third kappa shape index (κ3) is 3.41. The highest BCUT2D eigenvalue weighted by atomic mass is 16.4. The lowest BCUT2D eigenvalue weighted by molar-refractivity contribution is 0.199. The van der Waals surface area contributed by atoms with E-state index in [0.717, 1.165) is 37.9 Å². The monoisotopic (exact) mass is 344 g/mol. The number of unbranched alkanes of at least 4 members (excludes halogenated alkanes) is 3. The predicted octanol–water partition coefficient (Wildman–Crippen LogP) is 4.71. The van der Waals surface area contributed by atoms with Crippen LogP contribution in [0.15, 0.2) is 18.2 Å². The van der Waals surface area contributed by atoms with Crippen LogP contribution in [-0.2, 0) is 11.8 Å². The molecule has 1 aliphatic heterocycles. The minimum atomic E-state index is -0.841. The quantitative estimate of drug-likeness (QED) is 0.705. The first-order chi connectivity index (χ1) is 12.0. The van der Waals surface area contributed by atoms with Gasteiger partial charge in [-0.3, -0.25) is 4.90 Å². The number of nitrogens with one attached hydrogen (secondary N) is 1. The number of nitrogens with zero attached hydrogens (tertiary/aromatic N) is 1. The van der Waals surface area contributed by atoms with Crippen LogP contribution in [0.1, 0.15) is 70.4 Å². The van der Waals surface area contributed by atoms with E-state index in [4.69, 9.17) is 0 Å². The van der Waals surface area contributed by atoms with Crippen LogP contribution < -0.4 is 10.2 Å². The smallest absolute Gasteiger partial charge is 0.412 e. The van der Waals surface area contributed by atoms with Gasteiger partial charge >= 0.3 is 6.09 Å². The SMILES string of the molecule is CCCCCCC(C)N(C(=O)O)c1ccc2c(c1)[C@]1(C)CCN[C@@H]1C2. The molecule has 1 aromatic rings. The molecule has 0 aromatic heterocycles. The molecular weight excluding hydrogens is 312 g/mol. The molecule has 1 saturated heterocycles. The van der Waals surface area contributed by atoms with Gasteiger partial charge in [-0.1, -0.05) is 45.6 Å². The van der Waals surface area contributed by atoms with E-state index in [1.54, 1.807) is 4.90 Å². The van der Waals surface area contributed by atoms with Gasteiger partial charge in [0.2, 0.25) is 0 Å². The van der Waals surface area contributed by atoms with E-state index in [2.05, 4.69) is 31.3 Å². The summed E-state index contributed by atoms with van der Waals surface area (Å²) in [5.74, 6) is 0. The Kier molecular flexibility index (Phi) is 5.38. The van der Waals surface area contributed by atoms with Crippen LogP contribution in [0.3, 0.4) is 0 Å². The van der Waals surface area contributed by atoms with Gasteiger partial charge in [-0.25, -0.2) is 4.79 Å². The summed E-state index contributed by atoms with van der Waals surface area (Å²) in [4.78, 5) is 13.5. The maximum absolute atomic E-state index is 12.0. The van der Waals surface area contributed by atoms with Gasteiger partial charge in [-0.2, -0.15) is 0 Å². The molecular formula is C21H32N2O2. The fourth-order valence-electron chi connectivity index (χ4n) is 4.72. The van der Waals surface area contributed by atoms with Crippen LogP contribution in [0.2, 0.25) is 0 Å². The van der Waals surface area contributed by atoms with Gasteiger partial charge in [0.25, 0.3) is 0 Å². The Morgan fingerprint density at radius 2 is 2.20 bits per heavy atom. The van der Waals surface area contributed by atoms with E-state index < -0.39 is 6.09 Å². The summed E-state index contributed by atoms with van der Waals surface area (Å²) in [6, 6.07) is 6.82. The molecule has 4 nitrogen and oxygen atoms in total. The van der Waals surface area contributed by atoms with E-state index in [-0.39, 0.29) is 11.5 Å². The van der Waals surface area contributed by atoms with Crippen molar-refractivity contribution in [1.82, 2.24) is 5.32 Å². The summed E-state index contributed by atoms with van der Waals surface area (Å²) in [7, 11) is 0. The number of rotatable bonds is 7. The summed E-state index contributed by atoms with van der Waals surface area (Å²) in [5, 5.41) is 13.4. The van der Waals surface area contributed by atoms with Crippen molar-refractivity contribution in [2.24, 2.45) is 0 Å². The van der Waals surface area contributed by atoms with Crippen molar-refractivity contribution in [3.8, 4) is 0 Å². The number of carbonyl (C=O) groups is 1. The first-order valence-electron chi connectivity index (χ1n) is 9.86. The Morgan fingerprint density at radius 3 is 2.92 bits per heavy atom. The maximum atomic E-state index is 12.0. The van der Waals surface area contributed by atoms with Crippen molar-refractivity contribution in [3.63, 3.8) is 0 Å². The lowest BCUT2D eigenvalue weighted by atomic mass is 9.80. The third-order valence-corrected chi connectivity index (χ3v) is 6.34. The van der Waals surface area contributed by atoms with Crippen molar-refractivity contribution >= 4 is 11.8 Å². The second-order valence-electron chi connectivity index (χ2n) is 8.07. The number of hydrogen-bond donors (Lipinski definition) is 2. The molecule has 0 saturated carbocycles. The van der Waals surface area contributed by atoms with Gasteiger partial charge in [0.05, 0.1) is 0 Å². The van der Waals surface area contributed by atoms with E-state index in [0.29, 0.717) is 6.04 Å². The summed E-state index contributed by atoms with van der Waals surface area (Å²) in [6.45, 7) is 7.62. The summed E-state index contributed by atoms with van der Waals surface area (Å²) in [6.07, 6.45) is 6.98. The standard InChI is InChI=1S/C21H32N2O2/c1-4-5-6-7-8-15(2)23(20(24)25)17-10-9-16-13-19-21(3,11-12-22-19)18(16)14-17/h9-10,14-15,19,22H,4-8,11-13H2,1-3H3,(H,24,25)/t15?,19-,21+/m1/s1. The molecule has 3 atom stereocenters. The van der Waals surface area contributed by atoms with Crippen LogP contribution in [0.25, 0.3) is 0 Å². The van der Waals surface area contributed by atoms with Gasteiger partial charge in [-0.15, -0.1) is 0 Å². The van der Waals surface area contributed by atoms with Crippen LogP contribution >= 0.6 is 0 Å². The van der Waals surface area contributed by atoms with Crippen molar-refractivity contribution in [1.29, 1.82) is 0 Å². The Balaban J connectivity index is 1.80. The molecule has 1 aliphatic carbocycles. The van der Waals surface area contributed by atoms with E-state index in [9.17, 15) is 9.90 Å². The second kappa shape index (κ2) is 7.36. The first-order valence-corrected chi connectivity index (χ1v) is 9.86. The first kappa shape index (κ1) is 18.2. The molecule has 3 rings (SSSR count). The van der Waals surface area contributed by atoms with Crippen molar-refractivity contribution in [2.75, 3.05) is 11.4 Å². The highest BCUT2D eigenvalue weighted by Gasteiger charge is 2.46. The molecule has 1 fully saturated rings. The van der Waals surface area contributed by atoms with Crippen LogP contribution in [0, 0.1) is 0 Å². The fourth-order valence-corrected chi connectivity index (χ4v) is 4.72. The molecule has 1 unspecified atom stereocenters. The zero-order chi connectivity index (χ0) is 18.0. The number of anilines is 1. The molecule has 0 bridgehead atoms. The molecule has 2 aliphatic rings. The average Bonchev–Trinajstić information content (AvgIpc) is 3.06. The van der Waals surface area contributed by atoms with Crippen LogP contribution in [0.4, 0.5) is 10.5 Å². The highest BCUT2D eigenvalue weighted by molar-refractivity contribution is 5.87. The van der Waals surface area contributed by atoms with E-state index >= 15 is 0 Å². The number of amides is 1. The molecule has 138 valence electrons. The Hall–Kier alpha value is -1.55. The lowest BCUT2D eigenvalue weighted by Crippen LogP contribution is -2.38. The fraction of sp³-hybridized carbons (Fsp3) is 0.667. The molecule has 25 heavy (non-hydrogen) atoms. The largest absolute Gasteiger partial charge is 0.465 e. The number of benzene rings is 1.